The average Bonchev–Trinajstić information content (AvgIpc) is 2.66. The smallest absolute Gasteiger partial charge is 0.229 e. The topological polar surface area (TPSA) is 64.9 Å². The molecule has 0 fully saturated rings. The lowest BCUT2D eigenvalue weighted by molar-refractivity contribution is 0.356. The highest BCUT2D eigenvalue weighted by Crippen LogP contribution is 2.17. The zero-order valence-electron chi connectivity index (χ0n) is 9.86. The van der Waals surface area contributed by atoms with Gasteiger partial charge in [-0.15, -0.1) is 0 Å². The molecule has 0 aromatic carbocycles. The number of rotatable bonds is 6. The molecule has 0 amide bonds. The van der Waals surface area contributed by atoms with Crippen molar-refractivity contribution >= 4 is 0 Å². The fourth-order valence-corrected chi connectivity index (χ4v) is 1.38. The highest BCUT2D eigenvalue weighted by Gasteiger charge is 2.15. The van der Waals surface area contributed by atoms with Crippen LogP contribution in [0.5, 0.6) is 0 Å². The average molecular weight is 211 g/mol. The predicted molar refractivity (Wildman–Crippen MR) is 59.5 cm³/mol. The first-order valence-corrected chi connectivity index (χ1v) is 5.74. The van der Waals surface area contributed by atoms with Crippen LogP contribution in [0.4, 0.5) is 0 Å². The molecule has 0 saturated carbocycles. The maximum atomic E-state index is 5.96. The van der Waals surface area contributed by atoms with Crippen LogP contribution >= 0.6 is 0 Å². The maximum Gasteiger partial charge on any atom is 0.229 e. The van der Waals surface area contributed by atoms with Crippen molar-refractivity contribution in [3.8, 4) is 0 Å². The van der Waals surface area contributed by atoms with Gasteiger partial charge in [-0.05, 0) is 6.42 Å². The molecule has 1 unspecified atom stereocenters. The summed E-state index contributed by atoms with van der Waals surface area (Å²) in [6.45, 7) is 6.23. The van der Waals surface area contributed by atoms with Crippen LogP contribution in [0, 0.1) is 0 Å². The first kappa shape index (κ1) is 12.2. The summed E-state index contributed by atoms with van der Waals surface area (Å²) in [6.07, 6.45) is 4.48. The summed E-state index contributed by atoms with van der Waals surface area (Å²) in [4.78, 5) is 4.29. The molecule has 1 aromatic heterocycles. The van der Waals surface area contributed by atoms with Crippen LogP contribution < -0.4 is 5.73 Å². The van der Waals surface area contributed by atoms with Crippen LogP contribution in [-0.2, 0) is 0 Å². The van der Waals surface area contributed by atoms with Gasteiger partial charge in [0.1, 0.15) is 0 Å². The van der Waals surface area contributed by atoms with Crippen molar-refractivity contribution in [2.75, 3.05) is 0 Å². The van der Waals surface area contributed by atoms with Crippen LogP contribution in [0.25, 0.3) is 0 Å². The molecule has 0 saturated heterocycles. The molecular formula is C11H21N3O. The lowest BCUT2D eigenvalue weighted by atomic mass is 10.1. The molecule has 2 N–H and O–H groups in total. The quantitative estimate of drug-likeness (QED) is 0.735. The first-order chi connectivity index (χ1) is 7.15. The Hall–Kier alpha value is -0.900. The number of hydrogen-bond acceptors (Lipinski definition) is 4. The van der Waals surface area contributed by atoms with E-state index in [9.17, 15) is 0 Å². The number of nitrogens with two attached hydrogens (primary N) is 1. The summed E-state index contributed by atoms with van der Waals surface area (Å²) < 4.78 is 5.11. The number of nitrogens with zero attached hydrogens (tertiary/aromatic N) is 2. The van der Waals surface area contributed by atoms with Crippen molar-refractivity contribution in [1.29, 1.82) is 0 Å². The maximum absolute atomic E-state index is 5.96. The van der Waals surface area contributed by atoms with Gasteiger partial charge >= 0.3 is 0 Å². The van der Waals surface area contributed by atoms with Gasteiger partial charge in [-0.2, -0.15) is 4.98 Å². The minimum atomic E-state index is -0.0761. The number of unbranched alkanes of at least 4 members (excludes halogenated alkanes) is 2. The molecule has 0 bridgehead atoms. The molecular weight excluding hydrogens is 190 g/mol. The van der Waals surface area contributed by atoms with E-state index >= 15 is 0 Å². The molecule has 4 heteroatoms. The van der Waals surface area contributed by atoms with Crippen LogP contribution in [0.3, 0.4) is 0 Å². The zero-order valence-corrected chi connectivity index (χ0v) is 9.86. The standard InChI is InChI=1S/C11H21N3O/c1-4-5-6-7-9(12)10-13-11(8(2)3)15-14-10/h8-9H,4-7,12H2,1-3H3. The first-order valence-electron chi connectivity index (χ1n) is 5.74. The fraction of sp³-hybridized carbons (Fsp3) is 0.818. The predicted octanol–water partition coefficient (Wildman–Crippen LogP) is 2.77. The summed E-state index contributed by atoms with van der Waals surface area (Å²) in [7, 11) is 0. The van der Waals surface area contributed by atoms with E-state index in [0.29, 0.717) is 11.7 Å². The van der Waals surface area contributed by atoms with E-state index in [0.717, 1.165) is 12.8 Å². The normalized spacial score (nSPS) is 13.4. The molecule has 1 heterocycles. The summed E-state index contributed by atoms with van der Waals surface area (Å²) in [5.41, 5.74) is 5.96. The van der Waals surface area contributed by atoms with Gasteiger partial charge in [0.25, 0.3) is 0 Å². The SMILES string of the molecule is CCCCCC(N)c1noc(C(C)C)n1. The summed E-state index contributed by atoms with van der Waals surface area (Å²) in [5, 5.41) is 3.90. The van der Waals surface area contributed by atoms with Crippen molar-refractivity contribution < 1.29 is 4.52 Å². The molecule has 0 aliphatic heterocycles. The lowest BCUT2D eigenvalue weighted by Gasteiger charge is -2.05. The van der Waals surface area contributed by atoms with Crippen molar-refractivity contribution in [1.82, 2.24) is 10.1 Å². The van der Waals surface area contributed by atoms with Gasteiger partial charge in [0.15, 0.2) is 5.82 Å². The Morgan fingerprint density at radius 2 is 2.07 bits per heavy atom. The molecule has 0 spiro atoms. The molecule has 1 rings (SSSR count). The van der Waals surface area contributed by atoms with E-state index in [-0.39, 0.29) is 12.0 Å². The van der Waals surface area contributed by atoms with Crippen molar-refractivity contribution in [3.63, 3.8) is 0 Å². The molecule has 1 aromatic rings. The molecule has 15 heavy (non-hydrogen) atoms. The van der Waals surface area contributed by atoms with Crippen LogP contribution in [0.2, 0.25) is 0 Å². The summed E-state index contributed by atoms with van der Waals surface area (Å²) >= 11 is 0. The second-order valence-electron chi connectivity index (χ2n) is 4.25. The van der Waals surface area contributed by atoms with Crippen molar-refractivity contribution in [2.24, 2.45) is 5.73 Å². The minimum absolute atomic E-state index is 0.0761. The Morgan fingerprint density at radius 3 is 2.60 bits per heavy atom. The third-order valence-corrected chi connectivity index (χ3v) is 2.40. The lowest BCUT2D eigenvalue weighted by Crippen LogP contribution is -2.12. The second-order valence-corrected chi connectivity index (χ2v) is 4.25. The van der Waals surface area contributed by atoms with Gasteiger partial charge in [0, 0.05) is 5.92 Å². The third kappa shape index (κ3) is 3.63. The van der Waals surface area contributed by atoms with Gasteiger partial charge in [0.05, 0.1) is 6.04 Å². The molecule has 0 radical (unpaired) electrons. The Bertz CT molecular complexity index is 283. The Kier molecular flexibility index (Phi) is 4.75. The van der Waals surface area contributed by atoms with E-state index in [1.165, 1.54) is 12.8 Å². The Morgan fingerprint density at radius 1 is 1.33 bits per heavy atom. The number of aromatic nitrogens is 2. The van der Waals surface area contributed by atoms with E-state index in [1.54, 1.807) is 0 Å². The fourth-order valence-electron chi connectivity index (χ4n) is 1.38. The van der Waals surface area contributed by atoms with E-state index in [2.05, 4.69) is 17.1 Å². The van der Waals surface area contributed by atoms with Crippen molar-refractivity contribution in [3.05, 3.63) is 11.7 Å². The van der Waals surface area contributed by atoms with E-state index in [1.807, 2.05) is 13.8 Å². The van der Waals surface area contributed by atoms with E-state index < -0.39 is 0 Å². The van der Waals surface area contributed by atoms with Crippen molar-refractivity contribution in [2.45, 2.75) is 58.4 Å². The Balaban J connectivity index is 2.47. The van der Waals surface area contributed by atoms with Gasteiger partial charge in [0.2, 0.25) is 5.89 Å². The van der Waals surface area contributed by atoms with E-state index in [4.69, 9.17) is 10.3 Å². The molecule has 86 valence electrons. The van der Waals surface area contributed by atoms with Gasteiger partial charge < -0.3 is 10.3 Å². The third-order valence-electron chi connectivity index (χ3n) is 2.40. The van der Waals surface area contributed by atoms with Crippen LogP contribution in [0.1, 0.15) is 70.1 Å². The second kappa shape index (κ2) is 5.85. The van der Waals surface area contributed by atoms with Gasteiger partial charge in [-0.1, -0.05) is 45.2 Å². The molecule has 0 aliphatic carbocycles. The summed E-state index contributed by atoms with van der Waals surface area (Å²) in [5.74, 6) is 1.60. The highest BCUT2D eigenvalue weighted by atomic mass is 16.5. The van der Waals surface area contributed by atoms with Gasteiger partial charge in [-0.25, -0.2) is 0 Å². The molecule has 0 aliphatic rings. The summed E-state index contributed by atoms with van der Waals surface area (Å²) in [6, 6.07) is -0.0761. The number of hydrogen-bond donors (Lipinski definition) is 1. The minimum Gasteiger partial charge on any atom is -0.339 e. The monoisotopic (exact) mass is 211 g/mol. The van der Waals surface area contributed by atoms with Crippen LogP contribution in [-0.4, -0.2) is 10.1 Å². The Labute approximate surface area is 91.2 Å². The van der Waals surface area contributed by atoms with Crippen LogP contribution in [0.15, 0.2) is 4.52 Å². The molecule has 1 atom stereocenters. The zero-order chi connectivity index (χ0) is 11.3. The van der Waals surface area contributed by atoms with Gasteiger partial charge in [-0.3, -0.25) is 0 Å². The largest absolute Gasteiger partial charge is 0.339 e. The molecule has 4 nitrogen and oxygen atoms in total. The highest BCUT2D eigenvalue weighted by molar-refractivity contribution is 4.95.